The fourth-order valence-corrected chi connectivity index (χ4v) is 11.0. The smallest absolute Gasteiger partial charge is 0.178 e. The molecule has 0 unspecified atom stereocenters. The molecule has 0 aromatic heterocycles. The molecule has 1 fully saturated rings. The van der Waals surface area contributed by atoms with Crippen LogP contribution in [0.5, 0.6) is 17.2 Å². The van der Waals surface area contributed by atoms with E-state index in [-0.39, 0.29) is 16.2 Å². The van der Waals surface area contributed by atoms with Gasteiger partial charge in [0.1, 0.15) is 17.2 Å². The van der Waals surface area contributed by atoms with Crippen LogP contribution in [0.1, 0.15) is 74.8 Å². The number of hydrogen-bond acceptors (Lipinski definition) is 5. The highest BCUT2D eigenvalue weighted by atomic mass is 32.2. The molecule has 3 aliphatic rings. The molecule has 0 radical (unpaired) electrons. The second-order valence-corrected chi connectivity index (χ2v) is 17.0. The minimum Gasteiger partial charge on any atom is -0.497 e. The van der Waals surface area contributed by atoms with Gasteiger partial charge in [0.2, 0.25) is 0 Å². The molecule has 0 saturated heterocycles. The van der Waals surface area contributed by atoms with Crippen molar-refractivity contribution in [2.45, 2.75) is 67.8 Å². The Labute approximate surface area is 300 Å². The average molecular weight is 685 g/mol. The van der Waals surface area contributed by atoms with Gasteiger partial charge in [0.25, 0.3) is 0 Å². The SMILES string of the molecule is COc1ccc(C2(c3ccc(OC)cc3)C=Cc3c4c(c5cc(SC)c(S)cc5c3O2)-c2ccccc2C42CC(C)(C)CC(C)(C)C2)cc1. The van der Waals surface area contributed by atoms with Gasteiger partial charge in [-0.2, -0.15) is 0 Å². The quantitative estimate of drug-likeness (QED) is 0.147. The Kier molecular flexibility index (Phi) is 7.52. The second kappa shape index (κ2) is 11.4. The molecule has 0 bridgehead atoms. The predicted molar refractivity (Wildman–Crippen MR) is 207 cm³/mol. The first-order valence-corrected chi connectivity index (χ1v) is 18.8. The van der Waals surface area contributed by atoms with Crippen LogP contribution in [-0.4, -0.2) is 20.5 Å². The summed E-state index contributed by atoms with van der Waals surface area (Å²) in [6, 6.07) is 30.3. The molecule has 0 amide bonds. The van der Waals surface area contributed by atoms with E-state index in [9.17, 15) is 0 Å². The van der Waals surface area contributed by atoms with Gasteiger partial charge in [-0.3, -0.25) is 0 Å². The molecule has 5 aromatic carbocycles. The van der Waals surface area contributed by atoms with Gasteiger partial charge < -0.3 is 14.2 Å². The van der Waals surface area contributed by atoms with Gasteiger partial charge in [0.15, 0.2) is 5.60 Å². The van der Waals surface area contributed by atoms with E-state index in [0.717, 1.165) is 51.5 Å². The molecular weight excluding hydrogens is 641 g/mol. The molecule has 250 valence electrons. The van der Waals surface area contributed by atoms with E-state index in [1.54, 1.807) is 26.0 Å². The highest BCUT2D eigenvalue weighted by Gasteiger charge is 2.55. The van der Waals surface area contributed by atoms with Crippen LogP contribution in [0.25, 0.3) is 28.0 Å². The third kappa shape index (κ3) is 4.94. The van der Waals surface area contributed by atoms with E-state index < -0.39 is 5.60 Å². The van der Waals surface area contributed by atoms with Crippen LogP contribution in [0.15, 0.2) is 101 Å². The summed E-state index contributed by atoms with van der Waals surface area (Å²) in [7, 11) is 3.40. The monoisotopic (exact) mass is 684 g/mol. The van der Waals surface area contributed by atoms with Crippen molar-refractivity contribution >= 4 is 41.2 Å². The van der Waals surface area contributed by atoms with E-state index in [4.69, 9.17) is 26.8 Å². The summed E-state index contributed by atoms with van der Waals surface area (Å²) in [6.45, 7) is 9.86. The Morgan fingerprint density at radius 1 is 0.735 bits per heavy atom. The van der Waals surface area contributed by atoms with Crippen molar-refractivity contribution in [3.63, 3.8) is 0 Å². The van der Waals surface area contributed by atoms with Gasteiger partial charge >= 0.3 is 0 Å². The maximum absolute atomic E-state index is 7.63. The number of benzene rings is 5. The molecule has 2 aliphatic carbocycles. The van der Waals surface area contributed by atoms with Crippen LogP contribution in [0.3, 0.4) is 0 Å². The van der Waals surface area contributed by atoms with E-state index in [1.165, 1.54) is 44.5 Å². The molecule has 5 heteroatoms. The van der Waals surface area contributed by atoms with Gasteiger partial charge in [-0.25, -0.2) is 0 Å². The molecule has 5 aromatic rings. The molecule has 8 rings (SSSR count). The van der Waals surface area contributed by atoms with Gasteiger partial charge in [-0.15, -0.1) is 24.4 Å². The molecular formula is C44H44O3S2. The lowest BCUT2D eigenvalue weighted by Gasteiger charge is -2.52. The summed E-state index contributed by atoms with van der Waals surface area (Å²) in [5.74, 6) is 2.53. The molecule has 0 atom stereocenters. The first-order valence-electron chi connectivity index (χ1n) is 17.1. The third-order valence-electron chi connectivity index (χ3n) is 11.1. The lowest BCUT2D eigenvalue weighted by atomic mass is 9.52. The summed E-state index contributed by atoms with van der Waals surface area (Å²) in [5, 5.41) is 2.32. The number of thiol groups is 1. The number of hydrogen-bond donors (Lipinski definition) is 1. The van der Waals surface area contributed by atoms with Crippen LogP contribution in [0, 0.1) is 10.8 Å². The van der Waals surface area contributed by atoms with E-state index in [2.05, 4.69) is 107 Å². The van der Waals surface area contributed by atoms with E-state index >= 15 is 0 Å². The van der Waals surface area contributed by atoms with Crippen molar-refractivity contribution in [1.29, 1.82) is 0 Å². The Bertz CT molecular complexity index is 2080. The Morgan fingerprint density at radius 2 is 1.33 bits per heavy atom. The van der Waals surface area contributed by atoms with Gasteiger partial charge in [-0.05, 0) is 106 Å². The second-order valence-electron chi connectivity index (χ2n) is 15.7. The number of ether oxygens (including phenoxy) is 3. The lowest BCUT2D eigenvalue weighted by molar-refractivity contribution is 0.0642. The molecule has 0 N–H and O–H groups in total. The van der Waals surface area contributed by atoms with Crippen LogP contribution >= 0.6 is 24.4 Å². The fourth-order valence-electron chi connectivity index (χ4n) is 9.99. The van der Waals surface area contributed by atoms with Crippen molar-refractivity contribution in [2.24, 2.45) is 10.8 Å². The Hall–Kier alpha value is -3.80. The molecule has 1 aliphatic heterocycles. The maximum Gasteiger partial charge on any atom is 0.178 e. The fraction of sp³-hybridized carbons (Fsp3) is 0.318. The predicted octanol–water partition coefficient (Wildman–Crippen LogP) is 11.7. The van der Waals surface area contributed by atoms with E-state index in [0.29, 0.717) is 0 Å². The van der Waals surface area contributed by atoms with Crippen molar-refractivity contribution in [3.05, 3.63) is 119 Å². The number of rotatable bonds is 5. The van der Waals surface area contributed by atoms with Crippen molar-refractivity contribution in [3.8, 4) is 28.4 Å². The zero-order valence-corrected chi connectivity index (χ0v) is 31.2. The average Bonchev–Trinajstić information content (AvgIpc) is 3.35. The minimum atomic E-state index is -0.884. The lowest BCUT2D eigenvalue weighted by Crippen LogP contribution is -2.44. The largest absolute Gasteiger partial charge is 0.497 e. The van der Waals surface area contributed by atoms with Gasteiger partial charge in [0.05, 0.1) is 14.2 Å². The van der Waals surface area contributed by atoms with Crippen LogP contribution in [0.2, 0.25) is 0 Å². The number of methoxy groups -OCH3 is 2. The number of fused-ring (bicyclic) bond motifs is 10. The standard InChI is InChI=1S/C44H44O3S2/c1-41(2)24-42(3,4)26-43(25-41)35-11-9-8-10-31(35)38-33-23-37(49-7)36(48)22-34(33)40-32(39(38)43)20-21-44(47-40,27-12-16-29(45-5)17-13-27)28-14-18-30(46-6)19-15-28/h8-23,48H,24-26H2,1-7H3. The van der Waals surface area contributed by atoms with Crippen molar-refractivity contribution in [2.75, 3.05) is 20.5 Å². The zero-order chi connectivity index (χ0) is 34.3. The third-order valence-corrected chi connectivity index (χ3v) is 12.4. The van der Waals surface area contributed by atoms with Crippen molar-refractivity contribution < 1.29 is 14.2 Å². The Balaban J connectivity index is 1.48. The highest BCUT2D eigenvalue weighted by Crippen LogP contribution is 2.67. The van der Waals surface area contributed by atoms with Crippen LogP contribution < -0.4 is 14.2 Å². The normalized spacial score (nSPS) is 18.8. The Morgan fingerprint density at radius 3 is 1.90 bits per heavy atom. The van der Waals surface area contributed by atoms with Crippen LogP contribution in [0.4, 0.5) is 0 Å². The maximum atomic E-state index is 7.63. The molecule has 1 saturated carbocycles. The minimum absolute atomic E-state index is 0.150. The van der Waals surface area contributed by atoms with Gasteiger partial charge in [0, 0.05) is 37.3 Å². The summed E-state index contributed by atoms with van der Waals surface area (Å²) in [5.41, 5.74) is 8.12. The van der Waals surface area contributed by atoms with Crippen LogP contribution in [-0.2, 0) is 11.0 Å². The zero-order valence-electron chi connectivity index (χ0n) is 29.4. The van der Waals surface area contributed by atoms with E-state index in [1.807, 2.05) is 24.3 Å². The first-order chi connectivity index (χ1) is 23.4. The number of thioether (sulfide) groups is 1. The van der Waals surface area contributed by atoms with Gasteiger partial charge in [-0.1, -0.05) is 82.3 Å². The summed E-state index contributed by atoms with van der Waals surface area (Å²) in [6.07, 6.45) is 10.1. The summed E-state index contributed by atoms with van der Waals surface area (Å²) < 4.78 is 18.8. The summed E-state index contributed by atoms with van der Waals surface area (Å²) in [4.78, 5) is 2.13. The first kappa shape index (κ1) is 32.4. The summed E-state index contributed by atoms with van der Waals surface area (Å²) >= 11 is 6.77. The molecule has 49 heavy (non-hydrogen) atoms. The topological polar surface area (TPSA) is 27.7 Å². The molecule has 1 spiro atoms. The molecule has 1 heterocycles. The highest BCUT2D eigenvalue weighted by molar-refractivity contribution is 7.99. The molecule has 3 nitrogen and oxygen atoms in total. The van der Waals surface area contributed by atoms with Crippen molar-refractivity contribution in [1.82, 2.24) is 0 Å².